The number of rotatable bonds is 4. The number of nitrogens with zero attached hydrogens (tertiary/aromatic N) is 5. The highest BCUT2D eigenvalue weighted by Crippen LogP contribution is 2.17. The van der Waals surface area contributed by atoms with Gasteiger partial charge in [0.05, 0.1) is 30.7 Å². The lowest BCUT2D eigenvalue weighted by molar-refractivity contribution is -0.123. The van der Waals surface area contributed by atoms with Gasteiger partial charge in [-0.25, -0.2) is 14.6 Å². The lowest BCUT2D eigenvalue weighted by Gasteiger charge is -2.23. The predicted octanol–water partition coefficient (Wildman–Crippen LogP) is 0.879. The van der Waals surface area contributed by atoms with Crippen LogP contribution in [-0.4, -0.2) is 92.1 Å². The molecule has 0 fully saturated rings. The van der Waals surface area contributed by atoms with Crippen molar-refractivity contribution in [3.8, 4) is 11.4 Å². The van der Waals surface area contributed by atoms with Crippen LogP contribution < -0.4 is 20.7 Å². The number of hydrogen-bond acceptors (Lipinski definition) is 8. The zero-order valence-electron chi connectivity index (χ0n) is 23.9. The van der Waals surface area contributed by atoms with Gasteiger partial charge in [-0.3, -0.25) is 19.2 Å². The Kier molecular flexibility index (Phi) is 9.92. The summed E-state index contributed by atoms with van der Waals surface area (Å²) in [5.74, 6) is -1.03. The number of fused-ring (bicyclic) bond motifs is 2. The monoisotopic (exact) mass is 599 g/mol. The Bertz CT molecular complexity index is 1570. The second-order valence-electron chi connectivity index (χ2n) is 10.1. The van der Waals surface area contributed by atoms with Crippen molar-refractivity contribution in [3.63, 3.8) is 0 Å². The number of aromatic nitrogens is 5. The Morgan fingerprint density at radius 3 is 2.70 bits per heavy atom. The molecular formula is C30H33N9O5. The van der Waals surface area contributed by atoms with Crippen molar-refractivity contribution in [2.45, 2.75) is 25.3 Å². The summed E-state index contributed by atoms with van der Waals surface area (Å²) in [6.45, 7) is 0.741. The fourth-order valence-electron chi connectivity index (χ4n) is 4.75. The Balaban J connectivity index is 1.33. The number of benzene rings is 2. The number of amides is 4. The molecule has 1 aliphatic heterocycles. The molecule has 2 aromatic heterocycles. The van der Waals surface area contributed by atoms with E-state index >= 15 is 0 Å². The molecular weight excluding hydrogens is 566 g/mol. The van der Waals surface area contributed by atoms with E-state index in [9.17, 15) is 19.2 Å². The van der Waals surface area contributed by atoms with Gasteiger partial charge in [0, 0.05) is 37.0 Å². The lowest BCUT2D eigenvalue weighted by Crippen LogP contribution is -2.48. The maximum absolute atomic E-state index is 13.7. The number of H-pyrrole nitrogens is 1. The van der Waals surface area contributed by atoms with Gasteiger partial charge in [0.15, 0.2) is 0 Å². The molecule has 14 nitrogen and oxygen atoms in total. The molecule has 4 amide bonds. The van der Waals surface area contributed by atoms with Crippen molar-refractivity contribution in [3.05, 3.63) is 90.5 Å². The molecule has 2 bridgehead atoms. The zero-order chi connectivity index (χ0) is 30.7. The van der Waals surface area contributed by atoms with Gasteiger partial charge in [0.1, 0.15) is 31.1 Å². The van der Waals surface area contributed by atoms with Gasteiger partial charge in [0.2, 0.25) is 11.8 Å². The van der Waals surface area contributed by atoms with E-state index in [1.54, 1.807) is 54.7 Å². The molecule has 0 unspecified atom stereocenters. The quantitative estimate of drug-likeness (QED) is 0.267. The summed E-state index contributed by atoms with van der Waals surface area (Å²) >= 11 is 0. The molecule has 3 heterocycles. The van der Waals surface area contributed by atoms with Crippen molar-refractivity contribution in [1.29, 1.82) is 0 Å². The molecule has 5 rings (SSSR count). The molecule has 0 saturated carbocycles. The summed E-state index contributed by atoms with van der Waals surface area (Å²) in [4.78, 5) is 65.3. The minimum absolute atomic E-state index is 0.144. The van der Waals surface area contributed by atoms with E-state index in [4.69, 9.17) is 4.74 Å². The predicted molar refractivity (Wildman–Crippen MR) is 158 cm³/mol. The number of nitrogens with one attached hydrogen (secondary N) is 4. The zero-order valence-corrected chi connectivity index (χ0v) is 23.9. The van der Waals surface area contributed by atoms with Crippen LogP contribution in [0.2, 0.25) is 0 Å². The molecule has 14 heteroatoms. The fraction of sp³-hybridized carbons (Fsp3) is 0.300. The number of ether oxygens (including phenoxy) is 1. The van der Waals surface area contributed by atoms with Gasteiger partial charge in [-0.2, -0.15) is 5.10 Å². The Labute approximate surface area is 253 Å². The van der Waals surface area contributed by atoms with E-state index < -0.39 is 11.9 Å². The van der Waals surface area contributed by atoms with Crippen LogP contribution in [0.25, 0.3) is 5.69 Å². The third kappa shape index (κ3) is 7.85. The molecule has 228 valence electrons. The summed E-state index contributed by atoms with van der Waals surface area (Å²) < 4.78 is 7.26. The largest absolute Gasteiger partial charge is 0.492 e. The van der Waals surface area contributed by atoms with E-state index in [1.807, 2.05) is 0 Å². The molecule has 4 aromatic rings. The van der Waals surface area contributed by atoms with Crippen molar-refractivity contribution < 1.29 is 23.9 Å². The van der Waals surface area contributed by atoms with Gasteiger partial charge in [0.25, 0.3) is 11.8 Å². The van der Waals surface area contributed by atoms with Crippen LogP contribution in [0, 0.1) is 0 Å². The van der Waals surface area contributed by atoms with Crippen LogP contribution in [0.4, 0.5) is 0 Å². The maximum atomic E-state index is 13.7. The third-order valence-corrected chi connectivity index (χ3v) is 6.97. The van der Waals surface area contributed by atoms with Crippen molar-refractivity contribution in [2.75, 3.05) is 32.8 Å². The van der Waals surface area contributed by atoms with Crippen LogP contribution in [0.15, 0.2) is 73.7 Å². The SMILES string of the molecule is O=C1CN(C(=O)c2ccccc2-n2cncn2)CCCCNC(=O)[C@H](Cc2cnc[nH]2)NC(=O)c2cccc(c2)OCCN1. The summed E-state index contributed by atoms with van der Waals surface area (Å²) in [5, 5.41) is 12.6. The highest BCUT2D eigenvalue weighted by atomic mass is 16.5. The molecule has 44 heavy (non-hydrogen) atoms. The average Bonchev–Trinajstić information content (AvgIpc) is 3.77. The van der Waals surface area contributed by atoms with Crippen LogP contribution in [0.3, 0.4) is 0 Å². The first-order valence-electron chi connectivity index (χ1n) is 14.3. The van der Waals surface area contributed by atoms with E-state index in [0.29, 0.717) is 47.6 Å². The Morgan fingerprint density at radius 2 is 1.89 bits per heavy atom. The number of aromatic amines is 1. The van der Waals surface area contributed by atoms with E-state index in [-0.39, 0.29) is 50.4 Å². The first-order chi connectivity index (χ1) is 21.5. The first-order valence-corrected chi connectivity index (χ1v) is 14.3. The summed E-state index contributed by atoms with van der Waals surface area (Å²) in [5.41, 5.74) is 1.93. The molecule has 0 aliphatic carbocycles. The Morgan fingerprint density at radius 1 is 1.00 bits per heavy atom. The summed E-state index contributed by atoms with van der Waals surface area (Å²) in [7, 11) is 0. The molecule has 4 N–H and O–H groups in total. The normalized spacial score (nSPS) is 17.2. The number of imidazole rings is 1. The minimum Gasteiger partial charge on any atom is -0.492 e. The van der Waals surface area contributed by atoms with Crippen molar-refractivity contribution in [1.82, 2.24) is 45.6 Å². The van der Waals surface area contributed by atoms with Crippen LogP contribution in [0.5, 0.6) is 5.75 Å². The highest BCUT2D eigenvalue weighted by Gasteiger charge is 2.24. The Hall–Kier alpha value is -5.53. The standard InChI is InChI=1S/C30H33N9O5/c40-27-17-38(30(43)24-8-1-2-9-26(24)39-20-32-19-36-39)12-4-3-10-34-29(42)25(15-22-16-31-18-35-22)37-28(41)21-6-5-7-23(14-21)44-13-11-33-27/h1-2,5-9,14,16,18-20,25H,3-4,10-13,15,17H2,(H,31,35)(H,33,40)(H,34,42)(H,37,41)/t25-/m0/s1. The van der Waals surface area contributed by atoms with Crippen molar-refractivity contribution >= 4 is 23.6 Å². The number of carbonyl (C=O) groups is 4. The topological polar surface area (TPSA) is 176 Å². The fourth-order valence-corrected chi connectivity index (χ4v) is 4.75. The van der Waals surface area contributed by atoms with Crippen LogP contribution >= 0.6 is 0 Å². The van der Waals surface area contributed by atoms with Crippen LogP contribution in [0.1, 0.15) is 39.3 Å². The highest BCUT2D eigenvalue weighted by molar-refractivity contribution is 5.99. The third-order valence-electron chi connectivity index (χ3n) is 6.97. The first kappa shape index (κ1) is 29.9. The van der Waals surface area contributed by atoms with Crippen molar-refractivity contribution in [2.24, 2.45) is 0 Å². The molecule has 0 saturated heterocycles. The summed E-state index contributed by atoms with van der Waals surface area (Å²) in [6, 6.07) is 12.7. The van der Waals surface area contributed by atoms with Gasteiger partial charge < -0.3 is 30.6 Å². The second-order valence-corrected chi connectivity index (χ2v) is 10.1. The molecule has 0 spiro atoms. The van der Waals surface area contributed by atoms with E-state index in [1.165, 1.54) is 28.6 Å². The maximum Gasteiger partial charge on any atom is 0.256 e. The second kappa shape index (κ2) is 14.6. The summed E-state index contributed by atoms with van der Waals surface area (Å²) in [6.07, 6.45) is 7.25. The van der Waals surface area contributed by atoms with E-state index in [0.717, 1.165) is 0 Å². The van der Waals surface area contributed by atoms with Gasteiger partial charge in [-0.05, 0) is 43.2 Å². The smallest absolute Gasteiger partial charge is 0.256 e. The molecule has 1 atom stereocenters. The number of carbonyl (C=O) groups excluding carboxylic acids is 4. The molecule has 1 aliphatic rings. The molecule has 2 aromatic carbocycles. The van der Waals surface area contributed by atoms with Gasteiger partial charge in [-0.15, -0.1) is 0 Å². The number of hydrogen-bond donors (Lipinski definition) is 4. The van der Waals surface area contributed by atoms with Crippen LogP contribution in [-0.2, 0) is 16.0 Å². The van der Waals surface area contributed by atoms with Gasteiger partial charge in [-0.1, -0.05) is 18.2 Å². The average molecular weight is 600 g/mol. The van der Waals surface area contributed by atoms with Gasteiger partial charge >= 0.3 is 0 Å². The number of para-hydroxylation sites is 1. The lowest BCUT2D eigenvalue weighted by atomic mass is 10.1. The minimum atomic E-state index is -0.859. The molecule has 0 radical (unpaired) electrons. The van der Waals surface area contributed by atoms with E-state index in [2.05, 4.69) is 36.0 Å².